The van der Waals surface area contributed by atoms with E-state index in [2.05, 4.69) is 20.6 Å². The summed E-state index contributed by atoms with van der Waals surface area (Å²) in [5.41, 5.74) is -0.400. The molecule has 0 bridgehead atoms. The minimum absolute atomic E-state index is 0.125. The van der Waals surface area contributed by atoms with Gasteiger partial charge in [0, 0.05) is 18.2 Å². The smallest absolute Gasteiger partial charge is 0.293 e. The van der Waals surface area contributed by atoms with Crippen molar-refractivity contribution in [3.63, 3.8) is 0 Å². The number of amides is 1. The molecule has 1 fully saturated rings. The number of hydrogen-bond acceptors (Lipinski definition) is 6. The van der Waals surface area contributed by atoms with Crippen LogP contribution >= 0.6 is 11.8 Å². The zero-order chi connectivity index (χ0) is 17.1. The van der Waals surface area contributed by atoms with E-state index in [1.165, 1.54) is 24.3 Å². The van der Waals surface area contributed by atoms with E-state index in [1.54, 1.807) is 11.8 Å². The van der Waals surface area contributed by atoms with Gasteiger partial charge in [0.25, 0.3) is 11.5 Å². The lowest BCUT2D eigenvalue weighted by atomic mass is 10.2. The van der Waals surface area contributed by atoms with Crippen molar-refractivity contribution in [1.29, 1.82) is 0 Å². The molecule has 4 N–H and O–H groups in total. The molecular weight excluding hydrogens is 335 g/mol. The highest BCUT2D eigenvalue weighted by molar-refractivity contribution is 7.99. The number of rotatable bonds is 4. The first-order valence-corrected chi connectivity index (χ1v) is 8.37. The highest BCUT2D eigenvalue weighted by Crippen LogP contribution is 2.22. The van der Waals surface area contributed by atoms with Gasteiger partial charge in [0.15, 0.2) is 5.69 Å². The molecule has 0 saturated carbocycles. The molecule has 3 rings (SSSR count). The third-order valence-electron chi connectivity index (χ3n) is 3.54. The molecule has 0 aliphatic carbocycles. The number of halogens is 1. The molecule has 1 aromatic heterocycles. The summed E-state index contributed by atoms with van der Waals surface area (Å²) >= 11 is 1.64. The summed E-state index contributed by atoms with van der Waals surface area (Å²) in [6, 6.07) is 5.46. The van der Waals surface area contributed by atoms with E-state index in [4.69, 9.17) is 0 Å². The highest BCUT2D eigenvalue weighted by Gasteiger charge is 2.24. The monoisotopic (exact) mass is 350 g/mol. The molecule has 2 aromatic rings. The molecule has 1 saturated heterocycles. The first kappa shape index (κ1) is 16.5. The van der Waals surface area contributed by atoms with E-state index in [9.17, 15) is 19.1 Å². The van der Waals surface area contributed by atoms with Crippen molar-refractivity contribution in [3.8, 4) is 5.75 Å². The molecule has 126 valence electrons. The standard InChI is InChI=1S/C15H15FN4O3S/c16-9-3-1-8(2-4-9)5-17-14(22)11-12(21)15(23)20-13(19-11)10-6-24-7-18-10/h1-4,10,18,21H,5-7H2,(H,17,22)(H,19,20,23). The first-order chi connectivity index (χ1) is 11.5. The Balaban J connectivity index is 1.78. The van der Waals surface area contributed by atoms with Crippen LogP contribution < -0.4 is 16.2 Å². The molecule has 1 amide bonds. The van der Waals surface area contributed by atoms with Gasteiger partial charge in [-0.3, -0.25) is 14.9 Å². The van der Waals surface area contributed by atoms with E-state index in [0.717, 1.165) is 5.88 Å². The summed E-state index contributed by atoms with van der Waals surface area (Å²) in [4.78, 5) is 30.6. The largest absolute Gasteiger partial charge is 0.501 e. The Morgan fingerprint density at radius 2 is 2.17 bits per heavy atom. The third-order valence-corrected chi connectivity index (χ3v) is 4.48. The summed E-state index contributed by atoms with van der Waals surface area (Å²) in [5.74, 6) is -0.0118. The van der Waals surface area contributed by atoms with E-state index < -0.39 is 17.2 Å². The number of aromatic hydroxyl groups is 1. The first-order valence-electron chi connectivity index (χ1n) is 7.21. The number of benzene rings is 1. The van der Waals surface area contributed by atoms with Gasteiger partial charge in [-0.05, 0) is 17.7 Å². The van der Waals surface area contributed by atoms with Crippen LogP contribution in [0.1, 0.15) is 27.9 Å². The van der Waals surface area contributed by atoms with Crippen molar-refractivity contribution in [2.45, 2.75) is 12.6 Å². The summed E-state index contributed by atoms with van der Waals surface area (Å²) in [5, 5.41) is 15.5. The van der Waals surface area contributed by atoms with Gasteiger partial charge >= 0.3 is 0 Å². The number of carbonyl (C=O) groups is 1. The second-order valence-corrected chi connectivity index (χ2v) is 6.26. The Kier molecular flexibility index (Phi) is 4.81. The molecular formula is C15H15FN4O3S. The highest BCUT2D eigenvalue weighted by atomic mass is 32.2. The summed E-state index contributed by atoms with van der Waals surface area (Å²) in [6.07, 6.45) is 0. The van der Waals surface area contributed by atoms with Crippen LogP contribution in [0.5, 0.6) is 5.75 Å². The SMILES string of the molecule is O=C(NCc1ccc(F)cc1)c1nc(C2CSCN2)[nH]c(=O)c1O. The van der Waals surface area contributed by atoms with Crippen LogP contribution in [-0.4, -0.2) is 32.6 Å². The van der Waals surface area contributed by atoms with E-state index in [-0.39, 0.29) is 24.1 Å². The Bertz CT molecular complexity index is 803. The number of aromatic amines is 1. The Labute approximate surface area is 140 Å². The van der Waals surface area contributed by atoms with Gasteiger partial charge in [0.05, 0.1) is 6.04 Å². The van der Waals surface area contributed by atoms with Crippen molar-refractivity contribution in [3.05, 3.63) is 57.5 Å². The Hall–Kier alpha value is -2.39. The molecule has 1 unspecified atom stereocenters. The van der Waals surface area contributed by atoms with Gasteiger partial charge < -0.3 is 15.4 Å². The van der Waals surface area contributed by atoms with Gasteiger partial charge in [-0.2, -0.15) is 0 Å². The molecule has 9 heteroatoms. The zero-order valence-electron chi connectivity index (χ0n) is 12.5. The second kappa shape index (κ2) is 7.02. The van der Waals surface area contributed by atoms with Crippen LogP contribution in [0.4, 0.5) is 4.39 Å². The Morgan fingerprint density at radius 1 is 1.42 bits per heavy atom. The molecule has 2 heterocycles. The maximum absolute atomic E-state index is 12.9. The normalized spacial score (nSPS) is 17.0. The minimum Gasteiger partial charge on any atom is -0.501 e. The van der Waals surface area contributed by atoms with Gasteiger partial charge in [-0.1, -0.05) is 12.1 Å². The van der Waals surface area contributed by atoms with Crippen molar-refractivity contribution >= 4 is 17.7 Å². The molecule has 0 spiro atoms. The quantitative estimate of drug-likeness (QED) is 0.652. The van der Waals surface area contributed by atoms with Gasteiger partial charge in [0.2, 0.25) is 5.75 Å². The number of carbonyl (C=O) groups excluding carboxylic acids is 1. The van der Waals surface area contributed by atoms with Gasteiger partial charge in [-0.25, -0.2) is 9.37 Å². The lowest BCUT2D eigenvalue weighted by Gasteiger charge is -2.11. The summed E-state index contributed by atoms with van der Waals surface area (Å²) in [6.45, 7) is 0.125. The van der Waals surface area contributed by atoms with Crippen LogP contribution in [0.3, 0.4) is 0 Å². The van der Waals surface area contributed by atoms with Crippen LogP contribution in [0.25, 0.3) is 0 Å². The van der Waals surface area contributed by atoms with Crippen molar-refractivity contribution in [1.82, 2.24) is 20.6 Å². The number of thioether (sulfide) groups is 1. The average molecular weight is 350 g/mol. The third kappa shape index (κ3) is 3.57. The molecule has 1 aliphatic heterocycles. The summed E-state index contributed by atoms with van der Waals surface area (Å²) in [7, 11) is 0. The van der Waals surface area contributed by atoms with E-state index in [0.29, 0.717) is 17.1 Å². The van der Waals surface area contributed by atoms with Crippen molar-refractivity contribution in [2.75, 3.05) is 11.6 Å². The number of hydrogen-bond donors (Lipinski definition) is 4. The lowest BCUT2D eigenvalue weighted by Crippen LogP contribution is -2.29. The summed E-state index contributed by atoms with van der Waals surface area (Å²) < 4.78 is 12.9. The van der Waals surface area contributed by atoms with Gasteiger partial charge in [-0.15, -0.1) is 11.8 Å². The van der Waals surface area contributed by atoms with Crippen LogP contribution in [0.15, 0.2) is 29.1 Å². The average Bonchev–Trinajstić information content (AvgIpc) is 3.11. The molecule has 0 radical (unpaired) electrons. The fourth-order valence-electron chi connectivity index (χ4n) is 2.25. The maximum Gasteiger partial charge on any atom is 0.293 e. The van der Waals surface area contributed by atoms with Crippen LogP contribution in [0.2, 0.25) is 0 Å². The maximum atomic E-state index is 12.9. The number of aromatic nitrogens is 2. The fourth-order valence-corrected chi connectivity index (χ4v) is 3.20. The lowest BCUT2D eigenvalue weighted by molar-refractivity contribution is 0.0942. The molecule has 1 aliphatic rings. The predicted molar refractivity (Wildman–Crippen MR) is 87.3 cm³/mol. The van der Waals surface area contributed by atoms with E-state index in [1.807, 2.05) is 0 Å². The fraction of sp³-hybridized carbons (Fsp3) is 0.267. The molecule has 1 atom stereocenters. The minimum atomic E-state index is -0.759. The van der Waals surface area contributed by atoms with Crippen molar-refractivity contribution < 1.29 is 14.3 Å². The van der Waals surface area contributed by atoms with Crippen LogP contribution in [-0.2, 0) is 6.54 Å². The van der Waals surface area contributed by atoms with Crippen LogP contribution in [0, 0.1) is 5.82 Å². The molecule has 24 heavy (non-hydrogen) atoms. The van der Waals surface area contributed by atoms with Crippen molar-refractivity contribution in [2.24, 2.45) is 0 Å². The predicted octanol–water partition coefficient (Wildman–Crippen LogP) is 0.880. The number of H-pyrrole nitrogens is 1. The topological polar surface area (TPSA) is 107 Å². The number of nitrogens with zero attached hydrogens (tertiary/aromatic N) is 1. The molecule has 7 nitrogen and oxygen atoms in total. The number of nitrogens with one attached hydrogen (secondary N) is 3. The zero-order valence-corrected chi connectivity index (χ0v) is 13.3. The van der Waals surface area contributed by atoms with Gasteiger partial charge in [0.1, 0.15) is 11.6 Å². The molecule has 1 aromatic carbocycles. The second-order valence-electron chi connectivity index (χ2n) is 5.23. The van der Waals surface area contributed by atoms with E-state index >= 15 is 0 Å². The Morgan fingerprint density at radius 3 is 2.83 bits per heavy atom.